The van der Waals surface area contributed by atoms with E-state index in [1.54, 1.807) is 13.0 Å². The van der Waals surface area contributed by atoms with Gasteiger partial charge in [-0.25, -0.2) is 4.79 Å². The number of ether oxygens (including phenoxy) is 1. The van der Waals surface area contributed by atoms with Gasteiger partial charge in [0, 0.05) is 6.08 Å². The van der Waals surface area contributed by atoms with Gasteiger partial charge < -0.3 is 4.74 Å². The minimum absolute atomic E-state index is 0.317. The SMILES string of the molecule is CCOC(=O)/C=C/C=C/c1ccc(-c2c(C)cc(C)cc2C)cc1. The number of hydrogen-bond donors (Lipinski definition) is 0. The summed E-state index contributed by atoms with van der Waals surface area (Å²) in [5.74, 6) is -0.317. The maximum absolute atomic E-state index is 11.2. The van der Waals surface area contributed by atoms with E-state index in [9.17, 15) is 4.79 Å². The summed E-state index contributed by atoms with van der Waals surface area (Å²) in [4.78, 5) is 11.2. The van der Waals surface area contributed by atoms with E-state index in [1.807, 2.05) is 12.2 Å². The van der Waals surface area contributed by atoms with Crippen molar-refractivity contribution < 1.29 is 9.53 Å². The molecule has 0 saturated heterocycles. The molecule has 0 spiro atoms. The zero-order valence-corrected chi connectivity index (χ0v) is 14.8. The van der Waals surface area contributed by atoms with E-state index >= 15 is 0 Å². The molecule has 124 valence electrons. The highest BCUT2D eigenvalue weighted by Gasteiger charge is 2.06. The predicted octanol–water partition coefficient (Wildman–Crippen LogP) is 5.41. The van der Waals surface area contributed by atoms with Gasteiger partial charge >= 0.3 is 5.97 Å². The van der Waals surface area contributed by atoms with Crippen molar-refractivity contribution in [2.24, 2.45) is 0 Å². The van der Waals surface area contributed by atoms with Crippen molar-refractivity contribution in [1.82, 2.24) is 0 Å². The second kappa shape index (κ2) is 8.30. The van der Waals surface area contributed by atoms with Crippen molar-refractivity contribution >= 4 is 12.0 Å². The van der Waals surface area contributed by atoms with Crippen LogP contribution in [0, 0.1) is 20.8 Å². The Morgan fingerprint density at radius 3 is 2.21 bits per heavy atom. The van der Waals surface area contributed by atoms with Crippen LogP contribution in [0.25, 0.3) is 17.2 Å². The first-order valence-electron chi connectivity index (χ1n) is 8.21. The Balaban J connectivity index is 2.13. The summed E-state index contributed by atoms with van der Waals surface area (Å²) in [6.45, 7) is 8.63. The van der Waals surface area contributed by atoms with Crippen molar-refractivity contribution in [1.29, 1.82) is 0 Å². The number of rotatable bonds is 5. The van der Waals surface area contributed by atoms with Gasteiger partial charge in [-0.2, -0.15) is 0 Å². The standard InChI is InChI=1S/C22H24O2/c1-5-24-21(23)9-7-6-8-19-10-12-20(13-11-19)22-17(3)14-16(2)15-18(22)4/h6-15H,5H2,1-4H3/b8-6+,9-7+. The number of hydrogen-bond acceptors (Lipinski definition) is 2. The highest BCUT2D eigenvalue weighted by atomic mass is 16.5. The molecule has 0 aliphatic rings. The van der Waals surface area contributed by atoms with Crippen LogP contribution in [0.5, 0.6) is 0 Å². The predicted molar refractivity (Wildman–Crippen MR) is 101 cm³/mol. The smallest absolute Gasteiger partial charge is 0.330 e. The summed E-state index contributed by atoms with van der Waals surface area (Å²) in [5.41, 5.74) is 7.51. The molecule has 24 heavy (non-hydrogen) atoms. The maximum Gasteiger partial charge on any atom is 0.330 e. The van der Waals surface area contributed by atoms with Crippen LogP contribution in [0.3, 0.4) is 0 Å². The molecule has 2 aromatic carbocycles. The average molecular weight is 320 g/mol. The fourth-order valence-electron chi connectivity index (χ4n) is 2.89. The Labute approximate surface area is 144 Å². The lowest BCUT2D eigenvalue weighted by Gasteiger charge is -2.11. The van der Waals surface area contributed by atoms with E-state index in [2.05, 4.69) is 57.2 Å². The van der Waals surface area contributed by atoms with E-state index in [0.717, 1.165) is 5.56 Å². The molecule has 2 heteroatoms. The first-order chi connectivity index (χ1) is 11.5. The molecule has 0 fully saturated rings. The average Bonchev–Trinajstić information content (AvgIpc) is 2.52. The second-order valence-corrected chi connectivity index (χ2v) is 5.87. The monoisotopic (exact) mass is 320 g/mol. The quantitative estimate of drug-likeness (QED) is 0.418. The minimum atomic E-state index is -0.317. The Kier molecular flexibility index (Phi) is 6.14. The van der Waals surface area contributed by atoms with Crippen LogP contribution in [0.1, 0.15) is 29.2 Å². The van der Waals surface area contributed by atoms with Gasteiger partial charge in [0.15, 0.2) is 0 Å². The lowest BCUT2D eigenvalue weighted by Crippen LogP contribution is -1.98. The topological polar surface area (TPSA) is 26.3 Å². The van der Waals surface area contributed by atoms with Gasteiger partial charge in [-0.15, -0.1) is 0 Å². The van der Waals surface area contributed by atoms with Crippen LogP contribution in [-0.2, 0) is 9.53 Å². The van der Waals surface area contributed by atoms with Crippen molar-refractivity contribution in [3.8, 4) is 11.1 Å². The normalized spacial score (nSPS) is 11.3. The molecule has 0 N–H and O–H groups in total. The van der Waals surface area contributed by atoms with Crippen LogP contribution in [0.4, 0.5) is 0 Å². The summed E-state index contributed by atoms with van der Waals surface area (Å²) < 4.78 is 4.83. The number of carbonyl (C=O) groups is 1. The number of esters is 1. The van der Waals surface area contributed by atoms with Gasteiger partial charge in [-0.05, 0) is 55.5 Å². The fraction of sp³-hybridized carbons (Fsp3) is 0.227. The lowest BCUT2D eigenvalue weighted by molar-refractivity contribution is -0.137. The first-order valence-corrected chi connectivity index (χ1v) is 8.21. The molecule has 0 bridgehead atoms. The molecule has 0 aliphatic heterocycles. The van der Waals surface area contributed by atoms with E-state index in [-0.39, 0.29) is 5.97 Å². The van der Waals surface area contributed by atoms with Gasteiger partial charge in [0.2, 0.25) is 0 Å². The molecule has 0 heterocycles. The number of aryl methyl sites for hydroxylation is 3. The lowest BCUT2D eigenvalue weighted by atomic mass is 9.93. The minimum Gasteiger partial charge on any atom is -0.463 e. The summed E-state index contributed by atoms with van der Waals surface area (Å²) >= 11 is 0. The van der Waals surface area contributed by atoms with Crippen molar-refractivity contribution in [2.75, 3.05) is 6.61 Å². The zero-order chi connectivity index (χ0) is 17.5. The van der Waals surface area contributed by atoms with Gasteiger partial charge in [0.1, 0.15) is 0 Å². The highest BCUT2D eigenvalue weighted by Crippen LogP contribution is 2.28. The first kappa shape index (κ1) is 17.7. The zero-order valence-electron chi connectivity index (χ0n) is 14.8. The summed E-state index contributed by atoms with van der Waals surface area (Å²) in [5, 5.41) is 0. The fourth-order valence-corrected chi connectivity index (χ4v) is 2.89. The second-order valence-electron chi connectivity index (χ2n) is 5.87. The third-order valence-electron chi connectivity index (χ3n) is 3.80. The molecule has 0 amide bonds. The Hall–Kier alpha value is -2.61. The van der Waals surface area contributed by atoms with Crippen LogP contribution < -0.4 is 0 Å². The Bertz CT molecular complexity index is 742. The number of carbonyl (C=O) groups excluding carboxylic acids is 1. The maximum atomic E-state index is 11.2. The molecule has 0 aromatic heterocycles. The molecule has 0 atom stereocenters. The summed E-state index contributed by atoms with van der Waals surface area (Å²) in [6, 6.07) is 12.9. The molecule has 2 aromatic rings. The molecule has 0 unspecified atom stereocenters. The van der Waals surface area contributed by atoms with Gasteiger partial charge in [-0.1, -0.05) is 60.2 Å². The van der Waals surface area contributed by atoms with Crippen molar-refractivity contribution in [3.05, 3.63) is 76.9 Å². The van der Waals surface area contributed by atoms with E-state index in [4.69, 9.17) is 4.74 Å². The Morgan fingerprint density at radius 2 is 1.62 bits per heavy atom. The molecule has 0 aliphatic carbocycles. The van der Waals surface area contributed by atoms with Crippen LogP contribution in [0.15, 0.2) is 54.6 Å². The van der Waals surface area contributed by atoms with E-state index < -0.39 is 0 Å². The molecule has 2 nitrogen and oxygen atoms in total. The third kappa shape index (κ3) is 4.69. The highest BCUT2D eigenvalue weighted by molar-refractivity contribution is 5.82. The van der Waals surface area contributed by atoms with Crippen molar-refractivity contribution in [3.63, 3.8) is 0 Å². The van der Waals surface area contributed by atoms with Crippen LogP contribution in [-0.4, -0.2) is 12.6 Å². The summed E-state index contributed by atoms with van der Waals surface area (Å²) in [7, 11) is 0. The molecular weight excluding hydrogens is 296 g/mol. The van der Waals surface area contributed by atoms with Gasteiger partial charge in [0.25, 0.3) is 0 Å². The molecule has 0 saturated carbocycles. The number of allylic oxidation sites excluding steroid dienone is 2. The van der Waals surface area contributed by atoms with Gasteiger partial charge in [0.05, 0.1) is 6.61 Å². The van der Waals surface area contributed by atoms with Crippen molar-refractivity contribution in [2.45, 2.75) is 27.7 Å². The molecular formula is C22H24O2. The van der Waals surface area contributed by atoms with Crippen LogP contribution in [0.2, 0.25) is 0 Å². The van der Waals surface area contributed by atoms with E-state index in [1.165, 1.54) is 33.9 Å². The van der Waals surface area contributed by atoms with E-state index in [0.29, 0.717) is 6.61 Å². The third-order valence-corrected chi connectivity index (χ3v) is 3.80. The largest absolute Gasteiger partial charge is 0.463 e. The summed E-state index contributed by atoms with van der Waals surface area (Å²) in [6.07, 6.45) is 6.93. The van der Waals surface area contributed by atoms with Gasteiger partial charge in [-0.3, -0.25) is 0 Å². The molecule has 2 rings (SSSR count). The molecule has 0 radical (unpaired) electrons. The Morgan fingerprint density at radius 1 is 1.00 bits per heavy atom. The van der Waals surface area contributed by atoms with Crippen LogP contribution >= 0.6 is 0 Å². The number of benzene rings is 2.